The van der Waals surface area contributed by atoms with Gasteiger partial charge in [-0.1, -0.05) is 18.2 Å². The Morgan fingerprint density at radius 3 is 2.39 bits per heavy atom. The summed E-state index contributed by atoms with van der Waals surface area (Å²) in [5, 5.41) is 0.409. The molecule has 0 amide bonds. The van der Waals surface area contributed by atoms with E-state index in [1.54, 1.807) is 34.9 Å². The summed E-state index contributed by atoms with van der Waals surface area (Å²) in [6.45, 7) is 3.05. The molecule has 0 spiro atoms. The molecule has 0 atom stereocenters. The third kappa shape index (κ3) is 3.78. The van der Waals surface area contributed by atoms with Crippen molar-refractivity contribution in [2.45, 2.75) is 0 Å². The molecule has 3 heterocycles. The van der Waals surface area contributed by atoms with Crippen LogP contribution in [0, 0.1) is 0 Å². The largest absolute Gasteiger partial charge is 0.465 e. The molecular formula is C27H24N4O5. The zero-order valence-corrected chi connectivity index (χ0v) is 19.7. The van der Waals surface area contributed by atoms with Crippen LogP contribution in [-0.2, 0) is 4.74 Å². The summed E-state index contributed by atoms with van der Waals surface area (Å²) in [7, 11) is 1.33. The van der Waals surface area contributed by atoms with Crippen LogP contribution in [0.1, 0.15) is 10.4 Å². The third-order valence-electron chi connectivity index (χ3n) is 6.57. The topological polar surface area (TPSA) is 86.1 Å². The van der Waals surface area contributed by atoms with Gasteiger partial charge in [0.25, 0.3) is 5.56 Å². The van der Waals surface area contributed by atoms with Gasteiger partial charge in [0.05, 0.1) is 29.3 Å². The van der Waals surface area contributed by atoms with E-state index in [9.17, 15) is 9.59 Å². The average molecular weight is 485 g/mol. The monoisotopic (exact) mass is 484 g/mol. The number of carbonyl (C=O) groups excluding carboxylic acids is 1. The van der Waals surface area contributed by atoms with Gasteiger partial charge in [-0.25, -0.2) is 14.3 Å². The summed E-state index contributed by atoms with van der Waals surface area (Å²) in [6.07, 6.45) is 0. The summed E-state index contributed by atoms with van der Waals surface area (Å²) >= 11 is 0. The van der Waals surface area contributed by atoms with E-state index >= 15 is 0 Å². The molecule has 6 rings (SSSR count). The van der Waals surface area contributed by atoms with Crippen LogP contribution in [0.4, 0.5) is 11.6 Å². The lowest BCUT2D eigenvalue weighted by molar-refractivity contribution is 0.0601. The first-order valence-corrected chi connectivity index (χ1v) is 11.7. The van der Waals surface area contributed by atoms with Crippen molar-refractivity contribution >= 4 is 28.5 Å². The van der Waals surface area contributed by atoms with Gasteiger partial charge in [0.15, 0.2) is 11.5 Å². The second-order valence-corrected chi connectivity index (χ2v) is 8.62. The molecule has 1 aromatic heterocycles. The number of hydrogen-bond donors (Lipinski definition) is 0. The fraction of sp³-hybridized carbons (Fsp3) is 0.222. The van der Waals surface area contributed by atoms with Crippen LogP contribution >= 0.6 is 0 Å². The number of para-hydroxylation sites is 1. The molecule has 3 aromatic carbocycles. The minimum Gasteiger partial charge on any atom is -0.465 e. The van der Waals surface area contributed by atoms with Crippen LogP contribution in [-0.4, -0.2) is 55.6 Å². The Balaban J connectivity index is 1.45. The van der Waals surface area contributed by atoms with E-state index in [0.717, 1.165) is 13.1 Å². The van der Waals surface area contributed by atoms with E-state index in [4.69, 9.17) is 19.2 Å². The fourth-order valence-electron chi connectivity index (χ4n) is 4.69. The molecule has 9 nitrogen and oxygen atoms in total. The molecule has 0 aliphatic carbocycles. The normalized spacial score (nSPS) is 14.8. The lowest BCUT2D eigenvalue weighted by atomic mass is 10.1. The molecule has 2 aliphatic rings. The van der Waals surface area contributed by atoms with Crippen LogP contribution in [0.15, 0.2) is 71.5 Å². The number of hydrogen-bond acceptors (Lipinski definition) is 8. The van der Waals surface area contributed by atoms with Gasteiger partial charge in [-0.2, -0.15) is 0 Å². The van der Waals surface area contributed by atoms with E-state index in [1.165, 1.54) is 12.8 Å². The Morgan fingerprint density at radius 2 is 1.61 bits per heavy atom. The minimum absolute atomic E-state index is 0.147. The van der Waals surface area contributed by atoms with Crippen molar-refractivity contribution in [3.63, 3.8) is 0 Å². The van der Waals surface area contributed by atoms with E-state index < -0.39 is 5.97 Å². The molecule has 9 heteroatoms. The quantitative estimate of drug-likeness (QED) is 0.408. The Labute approximate surface area is 207 Å². The van der Waals surface area contributed by atoms with Crippen LogP contribution in [0.2, 0.25) is 0 Å². The number of ether oxygens (including phenoxy) is 3. The SMILES string of the molecule is COC(=O)c1ccc2c(=O)n(-c3ccc4c(c3)OCO4)c(N3CCN(c4ccccc4)CC3)nc2c1. The first-order valence-electron chi connectivity index (χ1n) is 11.7. The number of rotatable bonds is 4. The molecule has 4 aromatic rings. The molecule has 1 fully saturated rings. The molecule has 0 unspecified atom stereocenters. The van der Waals surface area contributed by atoms with Gasteiger partial charge in [0, 0.05) is 37.9 Å². The second kappa shape index (κ2) is 8.92. The molecule has 2 aliphatic heterocycles. The third-order valence-corrected chi connectivity index (χ3v) is 6.57. The van der Waals surface area contributed by atoms with Gasteiger partial charge >= 0.3 is 5.97 Å². The standard InChI is InChI=1S/C27H24N4O5/c1-34-26(33)18-7-9-21-22(15-18)28-27(30-13-11-29(12-14-30)19-5-3-2-4-6-19)31(25(21)32)20-8-10-23-24(16-20)36-17-35-23/h2-10,15-16H,11-14,17H2,1H3. The minimum atomic E-state index is -0.475. The number of fused-ring (bicyclic) bond motifs is 2. The number of carbonyl (C=O) groups is 1. The van der Waals surface area contributed by atoms with E-state index in [2.05, 4.69) is 21.9 Å². The van der Waals surface area contributed by atoms with Crippen LogP contribution in [0.25, 0.3) is 16.6 Å². The maximum atomic E-state index is 13.8. The first kappa shape index (κ1) is 22.0. The second-order valence-electron chi connectivity index (χ2n) is 8.62. The maximum absolute atomic E-state index is 13.8. The molecule has 0 N–H and O–H groups in total. The molecule has 1 saturated heterocycles. The molecule has 0 radical (unpaired) electrons. The lowest BCUT2D eigenvalue weighted by Crippen LogP contribution is -2.48. The maximum Gasteiger partial charge on any atom is 0.337 e. The number of esters is 1. The van der Waals surface area contributed by atoms with Crippen molar-refractivity contribution in [2.75, 3.05) is 49.9 Å². The van der Waals surface area contributed by atoms with Gasteiger partial charge in [0.1, 0.15) is 0 Å². The Hall–Kier alpha value is -4.53. The summed E-state index contributed by atoms with van der Waals surface area (Å²) in [4.78, 5) is 35.3. The fourth-order valence-corrected chi connectivity index (χ4v) is 4.69. The Morgan fingerprint density at radius 1 is 0.861 bits per heavy atom. The number of anilines is 2. The number of benzene rings is 3. The number of methoxy groups -OCH3 is 1. The Kier molecular flexibility index (Phi) is 5.44. The number of piperazine rings is 1. The van der Waals surface area contributed by atoms with Gasteiger partial charge in [-0.3, -0.25) is 4.79 Å². The van der Waals surface area contributed by atoms with Gasteiger partial charge < -0.3 is 24.0 Å². The molecule has 182 valence electrons. The number of aromatic nitrogens is 2. The highest BCUT2D eigenvalue weighted by Crippen LogP contribution is 2.34. The highest BCUT2D eigenvalue weighted by atomic mass is 16.7. The van der Waals surface area contributed by atoms with Crippen LogP contribution in [0.3, 0.4) is 0 Å². The smallest absolute Gasteiger partial charge is 0.337 e. The number of nitrogens with zero attached hydrogens (tertiary/aromatic N) is 4. The molecular weight excluding hydrogens is 460 g/mol. The van der Waals surface area contributed by atoms with Crippen molar-refractivity contribution < 1.29 is 19.0 Å². The highest BCUT2D eigenvalue weighted by Gasteiger charge is 2.25. The van der Waals surface area contributed by atoms with Crippen molar-refractivity contribution in [1.29, 1.82) is 0 Å². The predicted molar refractivity (Wildman–Crippen MR) is 136 cm³/mol. The summed E-state index contributed by atoms with van der Waals surface area (Å²) in [5.41, 5.74) is 2.37. The van der Waals surface area contributed by atoms with Crippen molar-refractivity contribution in [3.8, 4) is 17.2 Å². The van der Waals surface area contributed by atoms with Gasteiger partial charge in [-0.05, 0) is 42.5 Å². The molecule has 36 heavy (non-hydrogen) atoms. The Bertz CT molecular complexity index is 1510. The van der Waals surface area contributed by atoms with Crippen molar-refractivity contribution in [3.05, 3.63) is 82.6 Å². The van der Waals surface area contributed by atoms with Crippen molar-refractivity contribution in [1.82, 2.24) is 9.55 Å². The van der Waals surface area contributed by atoms with E-state index in [-0.39, 0.29) is 12.4 Å². The van der Waals surface area contributed by atoms with E-state index in [0.29, 0.717) is 52.7 Å². The molecule has 0 saturated carbocycles. The zero-order chi connectivity index (χ0) is 24.6. The van der Waals surface area contributed by atoms with E-state index in [1.807, 2.05) is 24.3 Å². The van der Waals surface area contributed by atoms with Crippen LogP contribution < -0.4 is 24.8 Å². The van der Waals surface area contributed by atoms with Crippen LogP contribution in [0.5, 0.6) is 11.5 Å². The van der Waals surface area contributed by atoms with Gasteiger partial charge in [0.2, 0.25) is 12.7 Å². The molecule has 0 bridgehead atoms. The summed E-state index contributed by atoms with van der Waals surface area (Å²) < 4.78 is 17.5. The van der Waals surface area contributed by atoms with Crippen molar-refractivity contribution in [2.24, 2.45) is 0 Å². The first-order chi connectivity index (χ1) is 17.6. The predicted octanol–water partition coefficient (Wildman–Crippen LogP) is 3.23. The van der Waals surface area contributed by atoms with Gasteiger partial charge in [-0.15, -0.1) is 0 Å². The highest BCUT2D eigenvalue weighted by molar-refractivity contribution is 5.94. The average Bonchev–Trinajstić information content (AvgIpc) is 3.41. The summed E-state index contributed by atoms with van der Waals surface area (Å²) in [5.74, 6) is 1.26. The summed E-state index contributed by atoms with van der Waals surface area (Å²) in [6, 6.07) is 20.5. The zero-order valence-electron chi connectivity index (χ0n) is 19.7. The lowest BCUT2D eigenvalue weighted by Gasteiger charge is -2.37.